The summed E-state index contributed by atoms with van der Waals surface area (Å²) in [5.74, 6) is 0.350. The van der Waals surface area contributed by atoms with Gasteiger partial charge in [0.1, 0.15) is 0 Å². The van der Waals surface area contributed by atoms with Crippen LogP contribution >= 0.6 is 0 Å². The average Bonchev–Trinajstić information content (AvgIpc) is 3.29. The third-order valence-electron chi connectivity index (χ3n) is 6.38. The number of likely N-dealkylation sites (tertiary alicyclic amines) is 1. The fourth-order valence-corrected chi connectivity index (χ4v) is 4.48. The van der Waals surface area contributed by atoms with Crippen LogP contribution in [0.15, 0.2) is 34.9 Å². The highest BCUT2D eigenvalue weighted by atomic mass is 19.4. The van der Waals surface area contributed by atoms with E-state index in [4.69, 9.17) is 4.52 Å². The summed E-state index contributed by atoms with van der Waals surface area (Å²) < 4.78 is 44.4. The first-order valence-corrected chi connectivity index (χ1v) is 11.1. The van der Waals surface area contributed by atoms with Gasteiger partial charge in [0, 0.05) is 57.1 Å². The van der Waals surface area contributed by atoms with Gasteiger partial charge in [0.2, 0.25) is 5.76 Å². The molecule has 0 unspecified atom stereocenters. The normalized spacial score (nSPS) is 20.8. The van der Waals surface area contributed by atoms with E-state index >= 15 is 0 Å². The minimum atomic E-state index is -4.34. The molecule has 174 valence electrons. The molecule has 1 atom stereocenters. The lowest BCUT2D eigenvalue weighted by Gasteiger charge is -2.43. The first kappa shape index (κ1) is 22.6. The summed E-state index contributed by atoms with van der Waals surface area (Å²) in [5.41, 5.74) is 0.755. The zero-order valence-electron chi connectivity index (χ0n) is 18.4. The van der Waals surface area contributed by atoms with Crippen molar-refractivity contribution in [2.45, 2.75) is 44.8 Å². The van der Waals surface area contributed by atoms with Crippen LogP contribution < -0.4 is 4.90 Å². The molecule has 1 aromatic heterocycles. The fraction of sp³-hybridized carbons (Fsp3) is 0.565. The second-order valence-electron chi connectivity index (χ2n) is 8.89. The van der Waals surface area contributed by atoms with E-state index in [9.17, 15) is 18.0 Å². The van der Waals surface area contributed by atoms with E-state index in [-0.39, 0.29) is 23.6 Å². The summed E-state index contributed by atoms with van der Waals surface area (Å²) in [4.78, 5) is 19.1. The smallest absolute Gasteiger partial charge is 0.369 e. The van der Waals surface area contributed by atoms with Crippen LogP contribution in [-0.2, 0) is 6.18 Å². The Morgan fingerprint density at radius 2 is 1.88 bits per heavy atom. The van der Waals surface area contributed by atoms with Crippen LogP contribution in [0.1, 0.15) is 54.4 Å². The van der Waals surface area contributed by atoms with E-state index in [1.165, 1.54) is 12.1 Å². The van der Waals surface area contributed by atoms with E-state index in [1.54, 1.807) is 12.1 Å². The molecule has 32 heavy (non-hydrogen) atoms. The molecule has 2 aliphatic rings. The lowest BCUT2D eigenvalue weighted by molar-refractivity contribution is -0.137. The molecule has 2 aromatic rings. The maximum Gasteiger partial charge on any atom is 0.416 e. The standard InChI is InChI=1S/C23H29F3N4O2/c1-16(2)20-14-21(32-27-20)22(31)30-8-4-7-19(15-30)29-11-9-28(10-12-29)18-6-3-5-17(13-18)23(24,25)26/h3,5-6,13-14,16,19H,4,7-12,15H2,1-2H3/t19-/m0/s1. The number of nitrogens with zero attached hydrogens (tertiary/aromatic N) is 4. The molecule has 4 rings (SSSR count). The van der Waals surface area contributed by atoms with Crippen LogP contribution in [0.2, 0.25) is 0 Å². The van der Waals surface area contributed by atoms with Gasteiger partial charge in [-0.25, -0.2) is 0 Å². The predicted molar refractivity (Wildman–Crippen MR) is 115 cm³/mol. The Morgan fingerprint density at radius 1 is 1.12 bits per heavy atom. The number of piperazine rings is 1. The van der Waals surface area contributed by atoms with Gasteiger partial charge in [-0.1, -0.05) is 25.1 Å². The Morgan fingerprint density at radius 3 is 2.53 bits per heavy atom. The van der Waals surface area contributed by atoms with E-state index in [0.717, 1.165) is 37.7 Å². The lowest BCUT2D eigenvalue weighted by atomic mass is 10.0. The van der Waals surface area contributed by atoms with Crippen molar-refractivity contribution < 1.29 is 22.5 Å². The summed E-state index contributed by atoms with van der Waals surface area (Å²) in [7, 11) is 0. The SMILES string of the molecule is CC(C)c1cc(C(=O)N2CCC[C@H](N3CCN(c4cccc(C(F)(F)F)c4)CC3)C2)on1. The second-order valence-corrected chi connectivity index (χ2v) is 8.89. The molecule has 2 fully saturated rings. The van der Waals surface area contributed by atoms with Crippen molar-refractivity contribution in [1.82, 2.24) is 15.0 Å². The first-order chi connectivity index (χ1) is 15.2. The van der Waals surface area contributed by atoms with Crippen LogP contribution in [0.5, 0.6) is 0 Å². The van der Waals surface area contributed by atoms with E-state index in [1.807, 2.05) is 23.6 Å². The van der Waals surface area contributed by atoms with Crippen molar-refractivity contribution in [3.63, 3.8) is 0 Å². The Labute approximate surface area is 185 Å². The second kappa shape index (κ2) is 9.13. The van der Waals surface area contributed by atoms with Gasteiger partial charge in [0.15, 0.2) is 0 Å². The van der Waals surface area contributed by atoms with Crippen molar-refractivity contribution >= 4 is 11.6 Å². The first-order valence-electron chi connectivity index (χ1n) is 11.1. The molecular formula is C23H29F3N4O2. The topological polar surface area (TPSA) is 52.8 Å². The monoisotopic (exact) mass is 450 g/mol. The van der Waals surface area contributed by atoms with Gasteiger partial charge in [-0.05, 0) is 37.0 Å². The summed E-state index contributed by atoms with van der Waals surface area (Å²) in [6, 6.07) is 7.48. The minimum absolute atomic E-state index is 0.128. The number of halogens is 3. The number of benzene rings is 1. The van der Waals surface area contributed by atoms with Gasteiger partial charge in [0.25, 0.3) is 5.91 Å². The Kier molecular flexibility index (Phi) is 6.46. The number of aromatic nitrogens is 1. The number of hydrogen-bond donors (Lipinski definition) is 0. The molecule has 0 spiro atoms. The molecule has 6 nitrogen and oxygen atoms in total. The number of rotatable bonds is 4. The average molecular weight is 451 g/mol. The third-order valence-corrected chi connectivity index (χ3v) is 6.38. The highest BCUT2D eigenvalue weighted by molar-refractivity contribution is 5.91. The van der Waals surface area contributed by atoms with Gasteiger partial charge < -0.3 is 14.3 Å². The highest BCUT2D eigenvalue weighted by Crippen LogP contribution is 2.32. The number of alkyl halides is 3. The van der Waals surface area contributed by atoms with Crippen LogP contribution in [-0.4, -0.2) is 66.2 Å². The van der Waals surface area contributed by atoms with E-state index in [2.05, 4.69) is 10.1 Å². The van der Waals surface area contributed by atoms with Gasteiger partial charge in [0.05, 0.1) is 11.3 Å². The van der Waals surface area contributed by atoms with Crippen molar-refractivity contribution in [3.8, 4) is 0 Å². The van der Waals surface area contributed by atoms with Gasteiger partial charge >= 0.3 is 6.18 Å². The van der Waals surface area contributed by atoms with Crippen molar-refractivity contribution in [2.24, 2.45) is 0 Å². The van der Waals surface area contributed by atoms with E-state index < -0.39 is 11.7 Å². The number of carbonyl (C=O) groups excluding carboxylic acids is 1. The van der Waals surface area contributed by atoms with Crippen LogP contribution in [0, 0.1) is 0 Å². The molecule has 3 heterocycles. The van der Waals surface area contributed by atoms with Crippen molar-refractivity contribution in [2.75, 3.05) is 44.2 Å². The van der Waals surface area contributed by atoms with Gasteiger partial charge in [-0.2, -0.15) is 13.2 Å². The van der Waals surface area contributed by atoms with Crippen molar-refractivity contribution in [1.29, 1.82) is 0 Å². The quantitative estimate of drug-likeness (QED) is 0.697. The summed E-state index contributed by atoms with van der Waals surface area (Å²) >= 11 is 0. The molecule has 0 saturated carbocycles. The maximum absolute atomic E-state index is 13.0. The zero-order chi connectivity index (χ0) is 22.9. The fourth-order valence-electron chi connectivity index (χ4n) is 4.48. The van der Waals surface area contributed by atoms with Crippen LogP contribution in [0.3, 0.4) is 0 Å². The molecule has 1 aromatic carbocycles. The van der Waals surface area contributed by atoms with Crippen LogP contribution in [0.4, 0.5) is 18.9 Å². The third kappa shape index (κ3) is 4.92. The molecule has 0 radical (unpaired) electrons. The maximum atomic E-state index is 13.0. The van der Waals surface area contributed by atoms with Gasteiger partial charge in [-0.15, -0.1) is 0 Å². The largest absolute Gasteiger partial charge is 0.416 e. The number of anilines is 1. The molecule has 0 bridgehead atoms. The lowest BCUT2D eigenvalue weighted by Crippen LogP contribution is -2.55. The molecule has 0 aliphatic carbocycles. The Hall–Kier alpha value is -2.55. The zero-order valence-corrected chi connectivity index (χ0v) is 18.4. The van der Waals surface area contributed by atoms with Crippen molar-refractivity contribution in [3.05, 3.63) is 47.3 Å². The summed E-state index contributed by atoms with van der Waals surface area (Å²) in [6.07, 6.45) is -2.42. The molecule has 2 saturated heterocycles. The Balaban J connectivity index is 1.35. The number of piperidine rings is 1. The molecule has 1 amide bonds. The molecular weight excluding hydrogens is 421 g/mol. The van der Waals surface area contributed by atoms with Gasteiger partial charge in [-0.3, -0.25) is 9.69 Å². The molecule has 9 heteroatoms. The number of hydrogen-bond acceptors (Lipinski definition) is 5. The molecule has 0 N–H and O–H groups in total. The Bertz CT molecular complexity index is 935. The number of carbonyl (C=O) groups is 1. The summed E-state index contributed by atoms with van der Waals surface area (Å²) in [6.45, 7) is 8.14. The highest BCUT2D eigenvalue weighted by Gasteiger charge is 2.33. The summed E-state index contributed by atoms with van der Waals surface area (Å²) in [5, 5.41) is 3.99. The van der Waals surface area contributed by atoms with E-state index in [0.29, 0.717) is 31.9 Å². The predicted octanol–water partition coefficient (Wildman–Crippen LogP) is 4.24. The van der Waals surface area contributed by atoms with Crippen LogP contribution in [0.25, 0.3) is 0 Å². The number of amides is 1. The molecule has 2 aliphatic heterocycles. The minimum Gasteiger partial charge on any atom is -0.369 e.